The minimum absolute atomic E-state index is 0.132. The van der Waals surface area contributed by atoms with E-state index in [1.165, 1.54) is 10.7 Å². The number of aromatic amines is 1. The molecule has 0 unspecified atom stereocenters. The van der Waals surface area contributed by atoms with Gasteiger partial charge in [-0.3, -0.25) is 14.7 Å². The molecule has 0 saturated carbocycles. The van der Waals surface area contributed by atoms with Gasteiger partial charge in [0.25, 0.3) is 5.56 Å². The van der Waals surface area contributed by atoms with Crippen molar-refractivity contribution in [3.8, 4) is 5.75 Å². The average Bonchev–Trinajstić information content (AvgIpc) is 2.81. The predicted octanol–water partition coefficient (Wildman–Crippen LogP) is 0.527. The molecule has 3 N–H and O–H groups in total. The van der Waals surface area contributed by atoms with E-state index in [0.29, 0.717) is 5.69 Å². The highest BCUT2D eigenvalue weighted by Gasteiger charge is 2.11. The summed E-state index contributed by atoms with van der Waals surface area (Å²) in [5.74, 6) is 0.501. The number of ether oxygens (including phenoxy) is 1. The number of H-pyrrole nitrogens is 1. The normalized spacial score (nSPS) is 10.4. The van der Waals surface area contributed by atoms with Gasteiger partial charge in [-0.25, -0.2) is 4.68 Å². The third kappa shape index (κ3) is 2.92. The number of methoxy groups -OCH3 is 1. The van der Waals surface area contributed by atoms with Crippen LogP contribution in [0.5, 0.6) is 5.75 Å². The van der Waals surface area contributed by atoms with Crippen molar-refractivity contribution in [3.05, 3.63) is 51.9 Å². The van der Waals surface area contributed by atoms with Crippen LogP contribution < -0.4 is 16.0 Å². The number of aromatic nitrogens is 2. The van der Waals surface area contributed by atoms with Crippen molar-refractivity contribution < 1.29 is 9.53 Å². The number of nitrogens with one attached hydrogen (secondary N) is 1. The lowest BCUT2D eigenvalue weighted by atomic mass is 10.1. The van der Waals surface area contributed by atoms with E-state index in [-0.39, 0.29) is 24.4 Å². The zero-order valence-corrected chi connectivity index (χ0v) is 10.6. The van der Waals surface area contributed by atoms with Gasteiger partial charge in [0, 0.05) is 12.6 Å². The van der Waals surface area contributed by atoms with E-state index in [9.17, 15) is 9.59 Å². The lowest BCUT2D eigenvalue weighted by molar-refractivity contribution is 0.0894. The van der Waals surface area contributed by atoms with Crippen molar-refractivity contribution in [3.63, 3.8) is 0 Å². The zero-order valence-electron chi connectivity index (χ0n) is 10.6. The van der Waals surface area contributed by atoms with Crippen LogP contribution >= 0.6 is 0 Å². The van der Waals surface area contributed by atoms with Crippen molar-refractivity contribution in [2.24, 2.45) is 5.73 Å². The molecule has 19 heavy (non-hydrogen) atoms. The van der Waals surface area contributed by atoms with Gasteiger partial charge in [-0.15, -0.1) is 0 Å². The molecule has 2 rings (SSSR count). The lowest BCUT2D eigenvalue weighted by Gasteiger charge is -2.06. The Kier molecular flexibility index (Phi) is 3.82. The number of rotatable bonds is 4. The fourth-order valence-corrected chi connectivity index (χ4v) is 1.80. The van der Waals surface area contributed by atoms with E-state index < -0.39 is 0 Å². The molecule has 1 aromatic carbocycles. The van der Waals surface area contributed by atoms with Gasteiger partial charge < -0.3 is 10.5 Å². The molecule has 1 aromatic heterocycles. The molecular weight excluding hydrogens is 246 g/mol. The van der Waals surface area contributed by atoms with Crippen LogP contribution in [0.25, 0.3) is 0 Å². The summed E-state index contributed by atoms with van der Waals surface area (Å²) >= 11 is 0. The van der Waals surface area contributed by atoms with Gasteiger partial charge in [0.2, 0.25) is 5.91 Å². The summed E-state index contributed by atoms with van der Waals surface area (Å²) in [6.45, 7) is 0.132. The molecule has 6 nitrogen and oxygen atoms in total. The van der Waals surface area contributed by atoms with Gasteiger partial charge in [-0.1, -0.05) is 12.1 Å². The molecular formula is C13H15N3O3. The van der Waals surface area contributed by atoms with E-state index in [1.807, 2.05) is 0 Å². The third-order valence-corrected chi connectivity index (χ3v) is 2.78. The van der Waals surface area contributed by atoms with Crippen LogP contribution in [0, 0.1) is 0 Å². The van der Waals surface area contributed by atoms with E-state index in [1.54, 1.807) is 31.4 Å². The van der Waals surface area contributed by atoms with E-state index in [2.05, 4.69) is 5.10 Å². The number of carbonyl (C=O) groups excluding carboxylic acids is 1. The SMILES string of the molecule is COc1ccc(CC(=O)n2[nH]c(=O)cc2CN)cc1. The summed E-state index contributed by atoms with van der Waals surface area (Å²) in [4.78, 5) is 23.3. The molecule has 0 aliphatic rings. The Balaban J connectivity index is 2.17. The van der Waals surface area contributed by atoms with E-state index >= 15 is 0 Å². The maximum absolute atomic E-state index is 12.1. The molecule has 2 aromatic rings. The topological polar surface area (TPSA) is 90.1 Å². The molecule has 0 bridgehead atoms. The first-order chi connectivity index (χ1) is 9.13. The molecule has 0 saturated heterocycles. The summed E-state index contributed by atoms with van der Waals surface area (Å²) in [6.07, 6.45) is 0.182. The second kappa shape index (κ2) is 5.53. The first-order valence-corrected chi connectivity index (χ1v) is 5.81. The number of benzene rings is 1. The fraction of sp³-hybridized carbons (Fsp3) is 0.231. The van der Waals surface area contributed by atoms with Gasteiger partial charge in [0.15, 0.2) is 0 Å². The maximum atomic E-state index is 12.1. The molecule has 6 heteroatoms. The Hall–Kier alpha value is -2.34. The Labute approximate surface area is 109 Å². The van der Waals surface area contributed by atoms with Gasteiger partial charge in [0.05, 0.1) is 19.2 Å². The van der Waals surface area contributed by atoms with E-state index in [4.69, 9.17) is 10.5 Å². The summed E-state index contributed by atoms with van der Waals surface area (Å²) in [5, 5.41) is 2.45. The minimum Gasteiger partial charge on any atom is -0.497 e. The highest BCUT2D eigenvalue weighted by atomic mass is 16.5. The van der Waals surface area contributed by atoms with Crippen LogP contribution in [-0.2, 0) is 13.0 Å². The van der Waals surface area contributed by atoms with Crippen LogP contribution in [0.15, 0.2) is 35.1 Å². The van der Waals surface area contributed by atoms with Crippen LogP contribution in [0.2, 0.25) is 0 Å². The number of carbonyl (C=O) groups is 1. The van der Waals surface area contributed by atoms with Gasteiger partial charge in [-0.2, -0.15) is 0 Å². The summed E-state index contributed by atoms with van der Waals surface area (Å²) < 4.78 is 6.25. The first kappa shape index (κ1) is 13.1. The molecule has 0 amide bonds. The molecule has 100 valence electrons. The highest BCUT2D eigenvalue weighted by Crippen LogP contribution is 2.12. The fourth-order valence-electron chi connectivity index (χ4n) is 1.80. The summed E-state index contributed by atoms with van der Waals surface area (Å²) in [7, 11) is 1.58. The Bertz CT molecular complexity index is 625. The standard InChI is InChI=1S/C13H15N3O3/c1-19-11-4-2-9(3-5-11)6-13(18)16-10(8-14)7-12(17)15-16/h2-5,7H,6,8,14H2,1H3,(H,15,17). The van der Waals surface area contributed by atoms with Crippen molar-refractivity contribution in [2.75, 3.05) is 7.11 Å². The molecule has 0 spiro atoms. The zero-order chi connectivity index (χ0) is 13.8. The quantitative estimate of drug-likeness (QED) is 0.839. The van der Waals surface area contributed by atoms with Crippen molar-refractivity contribution in [1.29, 1.82) is 0 Å². The van der Waals surface area contributed by atoms with Crippen LogP contribution in [0.1, 0.15) is 16.1 Å². The van der Waals surface area contributed by atoms with Gasteiger partial charge >= 0.3 is 0 Å². The molecule has 1 heterocycles. The Morgan fingerprint density at radius 1 is 1.37 bits per heavy atom. The lowest BCUT2D eigenvalue weighted by Crippen LogP contribution is -2.20. The van der Waals surface area contributed by atoms with Gasteiger partial charge in [-0.05, 0) is 17.7 Å². The highest BCUT2D eigenvalue weighted by molar-refractivity contribution is 5.81. The summed E-state index contributed by atoms with van der Waals surface area (Å²) in [5.41, 5.74) is 6.47. The first-order valence-electron chi connectivity index (χ1n) is 5.81. The second-order valence-corrected chi connectivity index (χ2v) is 4.07. The molecule has 0 aliphatic heterocycles. The Morgan fingerprint density at radius 3 is 2.63 bits per heavy atom. The van der Waals surface area contributed by atoms with Crippen molar-refractivity contribution in [1.82, 2.24) is 9.78 Å². The van der Waals surface area contributed by atoms with Crippen molar-refractivity contribution in [2.45, 2.75) is 13.0 Å². The maximum Gasteiger partial charge on any atom is 0.264 e. The smallest absolute Gasteiger partial charge is 0.264 e. The monoisotopic (exact) mass is 261 g/mol. The molecule has 0 atom stereocenters. The Morgan fingerprint density at radius 2 is 2.05 bits per heavy atom. The van der Waals surface area contributed by atoms with Crippen molar-refractivity contribution >= 4 is 5.91 Å². The number of hydrogen-bond acceptors (Lipinski definition) is 4. The number of nitrogens with two attached hydrogens (primary N) is 1. The van der Waals surface area contributed by atoms with Crippen LogP contribution in [0.4, 0.5) is 0 Å². The predicted molar refractivity (Wildman–Crippen MR) is 70.3 cm³/mol. The van der Waals surface area contributed by atoms with Crippen LogP contribution in [0.3, 0.4) is 0 Å². The van der Waals surface area contributed by atoms with E-state index in [0.717, 1.165) is 11.3 Å². The number of hydrogen-bond donors (Lipinski definition) is 2. The average molecular weight is 261 g/mol. The minimum atomic E-state index is -0.330. The third-order valence-electron chi connectivity index (χ3n) is 2.78. The molecule has 0 radical (unpaired) electrons. The largest absolute Gasteiger partial charge is 0.497 e. The second-order valence-electron chi connectivity index (χ2n) is 4.07. The molecule has 0 aliphatic carbocycles. The number of nitrogens with zero attached hydrogens (tertiary/aromatic N) is 1. The molecule has 0 fully saturated rings. The van der Waals surface area contributed by atoms with Gasteiger partial charge in [0.1, 0.15) is 5.75 Å². The summed E-state index contributed by atoms with van der Waals surface area (Å²) in [6, 6.07) is 8.50. The van der Waals surface area contributed by atoms with Crippen LogP contribution in [-0.4, -0.2) is 22.8 Å².